The molecule has 16 heavy (non-hydrogen) atoms. The third kappa shape index (κ3) is 1.77. The number of phenols is 3. The van der Waals surface area contributed by atoms with Gasteiger partial charge in [-0.25, -0.2) is 4.79 Å². The van der Waals surface area contributed by atoms with Gasteiger partial charge in [-0.15, -0.1) is 0 Å². The van der Waals surface area contributed by atoms with Crippen LogP contribution in [0.4, 0.5) is 0 Å². The zero-order valence-corrected chi connectivity index (χ0v) is 8.64. The Hall–Kier alpha value is -2.24. The molecule has 0 aromatic heterocycles. The fourth-order valence-corrected chi connectivity index (χ4v) is 1.29. The Labute approximate surface area is 90.7 Å². The number of carbonyl (C=O) groups excluding carboxylic acids is 2. The molecule has 0 aliphatic carbocycles. The molecule has 1 aromatic carbocycles. The molecular formula is C10H10O6. The summed E-state index contributed by atoms with van der Waals surface area (Å²) in [5.41, 5.74) is -0.983. The topological polar surface area (TPSA) is 104 Å². The number of ether oxygens (including phenoxy) is 1. The maximum atomic E-state index is 11.2. The van der Waals surface area contributed by atoms with E-state index in [2.05, 4.69) is 4.74 Å². The van der Waals surface area contributed by atoms with Gasteiger partial charge < -0.3 is 20.1 Å². The van der Waals surface area contributed by atoms with E-state index >= 15 is 0 Å². The smallest absolute Gasteiger partial charge is 0.345 e. The van der Waals surface area contributed by atoms with Crippen LogP contribution in [0.1, 0.15) is 27.6 Å². The van der Waals surface area contributed by atoms with Gasteiger partial charge in [0.1, 0.15) is 28.4 Å². The summed E-state index contributed by atoms with van der Waals surface area (Å²) in [5, 5.41) is 28.3. The average molecular weight is 226 g/mol. The molecule has 6 nitrogen and oxygen atoms in total. The first-order valence-electron chi connectivity index (χ1n) is 4.27. The van der Waals surface area contributed by atoms with Crippen molar-refractivity contribution in [1.82, 2.24) is 0 Å². The lowest BCUT2D eigenvalue weighted by Crippen LogP contribution is -2.05. The van der Waals surface area contributed by atoms with Gasteiger partial charge in [0.05, 0.1) is 7.11 Å². The van der Waals surface area contributed by atoms with E-state index in [-0.39, 0.29) is 0 Å². The monoisotopic (exact) mass is 226 g/mol. The number of benzene rings is 1. The molecule has 0 saturated carbocycles. The molecule has 6 heteroatoms. The van der Waals surface area contributed by atoms with Gasteiger partial charge in [0, 0.05) is 6.07 Å². The van der Waals surface area contributed by atoms with Crippen LogP contribution in [-0.4, -0.2) is 34.2 Å². The summed E-state index contributed by atoms with van der Waals surface area (Å²) in [5.74, 6) is -3.70. The van der Waals surface area contributed by atoms with E-state index < -0.39 is 40.1 Å². The standard InChI is InChI=1S/C10H10O6/c1-4(11)7-5(12)3-6(13)8(9(7)14)10(15)16-2/h3,12-14H,1-2H3. The van der Waals surface area contributed by atoms with Crippen LogP contribution >= 0.6 is 0 Å². The first kappa shape index (κ1) is 11.8. The third-order valence-corrected chi connectivity index (χ3v) is 2.00. The van der Waals surface area contributed by atoms with Crippen molar-refractivity contribution < 1.29 is 29.6 Å². The van der Waals surface area contributed by atoms with Crippen LogP contribution in [0.2, 0.25) is 0 Å². The van der Waals surface area contributed by atoms with E-state index in [9.17, 15) is 24.9 Å². The maximum absolute atomic E-state index is 11.2. The summed E-state index contributed by atoms with van der Waals surface area (Å²) in [6.07, 6.45) is 0. The van der Waals surface area contributed by atoms with Crippen molar-refractivity contribution in [2.75, 3.05) is 7.11 Å². The van der Waals surface area contributed by atoms with Crippen molar-refractivity contribution in [3.8, 4) is 17.2 Å². The summed E-state index contributed by atoms with van der Waals surface area (Å²) < 4.78 is 4.32. The highest BCUT2D eigenvalue weighted by atomic mass is 16.5. The summed E-state index contributed by atoms with van der Waals surface area (Å²) in [6.45, 7) is 1.10. The molecular weight excluding hydrogens is 216 g/mol. The minimum Gasteiger partial charge on any atom is -0.507 e. The Morgan fingerprint density at radius 2 is 1.62 bits per heavy atom. The number of ketones is 1. The molecule has 0 heterocycles. The Balaban J connectivity index is 3.57. The van der Waals surface area contributed by atoms with E-state index in [0.717, 1.165) is 20.1 Å². The second-order valence-corrected chi connectivity index (χ2v) is 3.06. The van der Waals surface area contributed by atoms with Gasteiger partial charge in [0.25, 0.3) is 0 Å². The maximum Gasteiger partial charge on any atom is 0.345 e. The average Bonchev–Trinajstić information content (AvgIpc) is 2.15. The van der Waals surface area contributed by atoms with Crippen LogP contribution < -0.4 is 0 Å². The van der Waals surface area contributed by atoms with Crippen molar-refractivity contribution >= 4 is 11.8 Å². The fraction of sp³-hybridized carbons (Fsp3) is 0.200. The zero-order valence-electron chi connectivity index (χ0n) is 8.64. The van der Waals surface area contributed by atoms with E-state index in [1.165, 1.54) is 0 Å². The molecule has 0 saturated heterocycles. The number of Topliss-reactive ketones (excluding diaryl/α,β-unsaturated/α-hetero) is 1. The SMILES string of the molecule is COC(=O)c1c(O)cc(O)c(C(C)=O)c1O. The van der Waals surface area contributed by atoms with Gasteiger partial charge in [-0.05, 0) is 6.92 Å². The van der Waals surface area contributed by atoms with Crippen LogP contribution in [0.3, 0.4) is 0 Å². The highest BCUT2D eigenvalue weighted by Gasteiger charge is 2.25. The molecule has 3 N–H and O–H groups in total. The minimum atomic E-state index is -1.00. The lowest BCUT2D eigenvalue weighted by atomic mass is 10.0. The summed E-state index contributed by atoms with van der Waals surface area (Å²) >= 11 is 0. The van der Waals surface area contributed by atoms with Gasteiger partial charge in [-0.2, -0.15) is 0 Å². The van der Waals surface area contributed by atoms with Crippen molar-refractivity contribution in [1.29, 1.82) is 0 Å². The number of aromatic hydroxyl groups is 3. The number of rotatable bonds is 2. The Morgan fingerprint density at radius 1 is 1.12 bits per heavy atom. The van der Waals surface area contributed by atoms with E-state index in [1.807, 2.05) is 0 Å². The van der Waals surface area contributed by atoms with Crippen molar-refractivity contribution in [2.24, 2.45) is 0 Å². The molecule has 0 atom stereocenters. The molecule has 1 aromatic rings. The first-order chi connectivity index (χ1) is 7.40. The van der Waals surface area contributed by atoms with Crippen LogP contribution in [0, 0.1) is 0 Å². The number of carbonyl (C=O) groups is 2. The van der Waals surface area contributed by atoms with Crippen LogP contribution in [0.5, 0.6) is 17.2 Å². The lowest BCUT2D eigenvalue weighted by Gasteiger charge is -2.10. The molecule has 0 fully saturated rings. The molecule has 1 rings (SSSR count). The molecule has 0 spiro atoms. The van der Waals surface area contributed by atoms with Gasteiger partial charge >= 0.3 is 5.97 Å². The summed E-state index contributed by atoms with van der Waals surface area (Å²) in [4.78, 5) is 22.3. The Kier molecular flexibility index (Phi) is 3.03. The Morgan fingerprint density at radius 3 is 2.06 bits per heavy atom. The molecule has 0 aliphatic rings. The van der Waals surface area contributed by atoms with Crippen LogP contribution in [0.25, 0.3) is 0 Å². The number of esters is 1. The molecule has 0 unspecified atom stereocenters. The van der Waals surface area contributed by atoms with Gasteiger partial charge in [-0.3, -0.25) is 4.79 Å². The summed E-state index contributed by atoms with van der Waals surface area (Å²) in [6, 6.07) is 0.794. The van der Waals surface area contributed by atoms with Crippen LogP contribution in [0.15, 0.2) is 6.07 Å². The normalized spacial score (nSPS) is 9.88. The second kappa shape index (κ2) is 4.09. The highest BCUT2D eigenvalue weighted by Crippen LogP contribution is 2.37. The predicted molar refractivity (Wildman–Crippen MR) is 52.8 cm³/mol. The number of hydrogen-bond acceptors (Lipinski definition) is 6. The van der Waals surface area contributed by atoms with Gasteiger partial charge in [0.2, 0.25) is 0 Å². The number of phenolic OH excluding ortho intramolecular Hbond substituents is 3. The number of hydrogen-bond donors (Lipinski definition) is 3. The van der Waals surface area contributed by atoms with E-state index in [0.29, 0.717) is 0 Å². The Bertz CT molecular complexity index is 463. The largest absolute Gasteiger partial charge is 0.507 e. The van der Waals surface area contributed by atoms with Gasteiger partial charge in [-0.1, -0.05) is 0 Å². The highest BCUT2D eigenvalue weighted by molar-refractivity contribution is 6.05. The molecule has 0 radical (unpaired) electrons. The zero-order chi connectivity index (χ0) is 12.5. The third-order valence-electron chi connectivity index (χ3n) is 2.00. The first-order valence-corrected chi connectivity index (χ1v) is 4.27. The fourth-order valence-electron chi connectivity index (χ4n) is 1.29. The lowest BCUT2D eigenvalue weighted by molar-refractivity contribution is 0.0594. The quantitative estimate of drug-likeness (QED) is 0.508. The molecule has 0 aliphatic heterocycles. The van der Waals surface area contributed by atoms with Crippen molar-refractivity contribution in [3.05, 3.63) is 17.2 Å². The second-order valence-electron chi connectivity index (χ2n) is 3.06. The number of methoxy groups -OCH3 is 1. The van der Waals surface area contributed by atoms with Crippen LogP contribution in [-0.2, 0) is 4.74 Å². The van der Waals surface area contributed by atoms with E-state index in [4.69, 9.17) is 0 Å². The van der Waals surface area contributed by atoms with E-state index in [1.54, 1.807) is 0 Å². The van der Waals surface area contributed by atoms with Gasteiger partial charge in [0.15, 0.2) is 5.78 Å². The molecule has 86 valence electrons. The molecule has 0 bridgehead atoms. The predicted octanol–water partition coefficient (Wildman–Crippen LogP) is 0.793. The minimum absolute atomic E-state index is 0.432. The van der Waals surface area contributed by atoms with Crippen molar-refractivity contribution in [2.45, 2.75) is 6.92 Å². The summed E-state index contributed by atoms with van der Waals surface area (Å²) in [7, 11) is 1.06. The molecule has 0 amide bonds. The van der Waals surface area contributed by atoms with Crippen molar-refractivity contribution in [3.63, 3.8) is 0 Å².